The van der Waals surface area contributed by atoms with Gasteiger partial charge in [-0.25, -0.2) is 4.98 Å². The molecule has 4 nitrogen and oxygen atoms in total. The molecule has 0 unspecified atom stereocenters. The van der Waals surface area contributed by atoms with Gasteiger partial charge in [0.25, 0.3) is 0 Å². The van der Waals surface area contributed by atoms with E-state index in [1.165, 1.54) is 42.2 Å². The summed E-state index contributed by atoms with van der Waals surface area (Å²) < 4.78 is 9.54. The van der Waals surface area contributed by atoms with Gasteiger partial charge in [-0.2, -0.15) is 4.98 Å². The lowest BCUT2D eigenvalue weighted by molar-refractivity contribution is 0.651. The summed E-state index contributed by atoms with van der Waals surface area (Å²) >= 11 is 8.85. The molecule has 0 fully saturated rings. The third-order valence-electron chi connectivity index (χ3n) is 8.45. The zero-order valence-electron chi connectivity index (χ0n) is 23.1. The summed E-state index contributed by atoms with van der Waals surface area (Å²) in [6.45, 7) is 6.33. The van der Waals surface area contributed by atoms with E-state index in [-0.39, 0.29) is 0 Å². The van der Waals surface area contributed by atoms with Gasteiger partial charge >= 0.3 is 0 Å². The van der Waals surface area contributed by atoms with E-state index in [0.717, 1.165) is 33.0 Å². The quantitative estimate of drug-likeness (QED) is 0.205. The van der Waals surface area contributed by atoms with Crippen LogP contribution in [-0.4, -0.2) is 14.5 Å². The maximum absolute atomic E-state index is 7.05. The Morgan fingerprint density at radius 1 is 0.791 bits per heavy atom. The number of aromatic nitrogens is 3. The second-order valence-corrected chi connectivity index (χ2v) is 12.3. The molecule has 204 valence electrons. The van der Waals surface area contributed by atoms with E-state index in [2.05, 4.69) is 90.9 Å². The fourth-order valence-corrected chi connectivity index (χ4v) is 8.13. The topological polar surface area (TPSA) is 43.9 Å². The van der Waals surface area contributed by atoms with E-state index in [1.54, 1.807) is 11.3 Å². The molecule has 0 radical (unpaired) electrons. The average Bonchev–Trinajstić information content (AvgIpc) is 3.69. The second kappa shape index (κ2) is 9.01. The van der Waals surface area contributed by atoms with E-state index in [9.17, 15) is 0 Å². The summed E-state index contributed by atoms with van der Waals surface area (Å²) in [4.78, 5) is 11.1. The molecule has 5 aromatic carbocycles. The molecule has 0 saturated carbocycles. The van der Waals surface area contributed by atoms with Crippen molar-refractivity contribution in [3.05, 3.63) is 119 Å². The molecule has 9 aromatic rings. The van der Waals surface area contributed by atoms with Gasteiger partial charge in [0.05, 0.1) is 15.7 Å². The van der Waals surface area contributed by atoms with E-state index in [4.69, 9.17) is 26.0 Å². The average molecular weight is 592 g/mol. The van der Waals surface area contributed by atoms with Crippen LogP contribution in [0.25, 0.3) is 87.9 Å². The number of aryl methyl sites for hydroxylation is 1. The number of hydrogen-bond donors (Lipinski definition) is 0. The fourth-order valence-electron chi connectivity index (χ4n) is 6.70. The van der Waals surface area contributed by atoms with Crippen LogP contribution in [0, 0.1) is 6.92 Å². The van der Waals surface area contributed by atoms with Crippen LogP contribution >= 0.6 is 22.9 Å². The van der Waals surface area contributed by atoms with Crippen molar-refractivity contribution in [1.82, 2.24) is 14.5 Å². The first-order valence-corrected chi connectivity index (χ1v) is 15.3. The number of fused-ring (bicyclic) bond motifs is 11. The number of furan rings is 1. The fraction of sp³-hybridized carbons (Fsp3) is 0.0270. The lowest BCUT2D eigenvalue weighted by Gasteiger charge is -2.12. The van der Waals surface area contributed by atoms with Crippen LogP contribution in [0.15, 0.2) is 108 Å². The van der Waals surface area contributed by atoms with Crippen LogP contribution < -0.4 is 0 Å². The number of nitrogens with zero attached hydrogens (tertiary/aromatic N) is 3. The first kappa shape index (κ1) is 24.6. The van der Waals surface area contributed by atoms with Crippen molar-refractivity contribution in [3.8, 4) is 16.9 Å². The summed E-state index contributed by atoms with van der Waals surface area (Å²) in [7, 11) is 0. The van der Waals surface area contributed by atoms with Gasteiger partial charge in [0.15, 0.2) is 11.0 Å². The highest BCUT2D eigenvalue weighted by molar-refractivity contribution is 7.21. The van der Waals surface area contributed by atoms with Crippen molar-refractivity contribution >= 4 is 93.9 Å². The Hall–Kier alpha value is -4.97. The number of halogens is 1. The Kier molecular flexibility index (Phi) is 5.16. The van der Waals surface area contributed by atoms with E-state index in [1.807, 2.05) is 30.3 Å². The maximum atomic E-state index is 7.05. The van der Waals surface area contributed by atoms with Crippen LogP contribution in [0.4, 0.5) is 0 Å². The third kappa shape index (κ3) is 3.32. The van der Waals surface area contributed by atoms with Gasteiger partial charge in [0.1, 0.15) is 11.1 Å². The number of thiophene rings is 1. The normalized spacial score (nSPS) is 12.0. The molecule has 0 N–H and O–H groups in total. The summed E-state index contributed by atoms with van der Waals surface area (Å²) in [5.41, 5.74) is 7.46. The van der Waals surface area contributed by atoms with Crippen molar-refractivity contribution in [3.63, 3.8) is 0 Å². The Labute approximate surface area is 255 Å². The van der Waals surface area contributed by atoms with E-state index >= 15 is 0 Å². The lowest BCUT2D eigenvalue weighted by atomic mass is 9.93. The Balaban J connectivity index is 1.51. The monoisotopic (exact) mass is 591 g/mol. The van der Waals surface area contributed by atoms with Gasteiger partial charge in [-0.1, -0.05) is 103 Å². The molecule has 6 heteroatoms. The SMILES string of the molecule is C=Cc1ccccc1-c1c(C)sc2c1c1ccccc1c1c3ccccc3n(-c3nc4oc5ccccc5c4nc3Cl)c21. The number of hydrogen-bond acceptors (Lipinski definition) is 4. The second-order valence-electron chi connectivity index (χ2n) is 10.7. The number of benzene rings is 5. The van der Waals surface area contributed by atoms with Gasteiger partial charge in [-0.05, 0) is 47.0 Å². The number of rotatable bonds is 3. The molecular formula is C37H22ClN3OS. The minimum Gasteiger partial charge on any atom is -0.436 e. The van der Waals surface area contributed by atoms with E-state index in [0.29, 0.717) is 22.2 Å². The van der Waals surface area contributed by atoms with Crippen LogP contribution in [0.5, 0.6) is 0 Å². The molecule has 0 aliphatic rings. The Morgan fingerprint density at radius 3 is 2.28 bits per heavy atom. The zero-order chi connectivity index (χ0) is 28.8. The van der Waals surface area contributed by atoms with Crippen LogP contribution in [0.1, 0.15) is 10.4 Å². The molecule has 4 aromatic heterocycles. The molecule has 0 spiro atoms. The molecule has 0 amide bonds. The molecule has 0 aliphatic carbocycles. The highest BCUT2D eigenvalue weighted by Gasteiger charge is 2.26. The van der Waals surface area contributed by atoms with Crippen LogP contribution in [-0.2, 0) is 0 Å². The molecule has 0 aliphatic heterocycles. The van der Waals surface area contributed by atoms with Crippen LogP contribution in [0.3, 0.4) is 0 Å². The predicted molar refractivity (Wildman–Crippen MR) is 182 cm³/mol. The first-order chi connectivity index (χ1) is 21.1. The highest BCUT2D eigenvalue weighted by Crippen LogP contribution is 2.50. The van der Waals surface area contributed by atoms with Gasteiger partial charge < -0.3 is 4.42 Å². The van der Waals surface area contributed by atoms with Crippen molar-refractivity contribution in [2.45, 2.75) is 6.92 Å². The van der Waals surface area contributed by atoms with Gasteiger partial charge in [0.2, 0.25) is 5.71 Å². The summed E-state index contributed by atoms with van der Waals surface area (Å²) in [6, 6.07) is 33.5. The minimum atomic E-state index is 0.327. The molecule has 9 rings (SSSR count). The molecule has 4 heterocycles. The Bertz CT molecular complexity index is 2620. The van der Waals surface area contributed by atoms with Gasteiger partial charge in [-0.15, -0.1) is 11.3 Å². The van der Waals surface area contributed by atoms with Crippen molar-refractivity contribution in [1.29, 1.82) is 0 Å². The first-order valence-electron chi connectivity index (χ1n) is 14.1. The predicted octanol–water partition coefficient (Wildman–Crippen LogP) is 11.1. The van der Waals surface area contributed by atoms with Crippen molar-refractivity contribution in [2.75, 3.05) is 0 Å². The Morgan fingerprint density at radius 2 is 1.47 bits per heavy atom. The van der Waals surface area contributed by atoms with Gasteiger partial charge in [0, 0.05) is 32.0 Å². The summed E-state index contributed by atoms with van der Waals surface area (Å²) in [6.07, 6.45) is 1.94. The van der Waals surface area contributed by atoms with Crippen molar-refractivity contribution < 1.29 is 4.42 Å². The lowest BCUT2D eigenvalue weighted by Crippen LogP contribution is -2.00. The summed E-state index contributed by atoms with van der Waals surface area (Å²) in [5.74, 6) is 0.551. The highest BCUT2D eigenvalue weighted by atomic mass is 35.5. The van der Waals surface area contributed by atoms with Gasteiger partial charge in [-0.3, -0.25) is 4.57 Å². The molecule has 0 atom stereocenters. The number of para-hydroxylation sites is 2. The standard InChI is InChI=1S/C37H22ClN3OS/c1-3-21-12-4-5-13-22(21)29-20(2)43-34-31(29)24-15-7-6-14-23(24)30-25-16-8-10-18-27(25)41(33(30)34)36-35(38)39-32-26-17-9-11-19-28(26)42-37(32)40-36/h3-19H,1H2,2H3. The van der Waals surface area contributed by atoms with E-state index < -0.39 is 0 Å². The molecule has 43 heavy (non-hydrogen) atoms. The third-order valence-corrected chi connectivity index (χ3v) is 9.82. The smallest absolute Gasteiger partial charge is 0.248 e. The zero-order valence-corrected chi connectivity index (χ0v) is 24.6. The molecular weight excluding hydrogens is 570 g/mol. The molecule has 0 bridgehead atoms. The van der Waals surface area contributed by atoms with Crippen molar-refractivity contribution in [2.24, 2.45) is 0 Å². The largest absolute Gasteiger partial charge is 0.436 e. The minimum absolute atomic E-state index is 0.327. The van der Waals surface area contributed by atoms with Crippen LogP contribution in [0.2, 0.25) is 5.15 Å². The maximum Gasteiger partial charge on any atom is 0.248 e. The molecule has 0 saturated heterocycles. The summed E-state index contributed by atoms with van der Waals surface area (Å²) in [5, 5.41) is 7.16.